The van der Waals surface area contributed by atoms with Crippen LogP contribution in [0.15, 0.2) is 54.6 Å². The molecule has 0 bridgehead atoms. The van der Waals surface area contributed by atoms with Gasteiger partial charge in [-0.15, -0.1) is 0 Å². The summed E-state index contributed by atoms with van der Waals surface area (Å²) in [6.07, 6.45) is 2.00. The predicted octanol–water partition coefficient (Wildman–Crippen LogP) is 6.27. The molecule has 5 heteroatoms. The standard InChI is InChI=1S/C25H26ClN3O/c1-25(2,3)29-23(30)10-6-8-18-19-15-17(26)12-14-21(19)28-24(18)22-13-11-16-7-4-5-9-20(16)27-22/h4-5,7,9,11-15,28H,6,8,10H2,1-3H3,(H,29,30). The van der Waals surface area contributed by atoms with Crippen LogP contribution in [0.5, 0.6) is 0 Å². The highest BCUT2D eigenvalue weighted by molar-refractivity contribution is 6.31. The number of halogens is 1. The normalized spacial score (nSPS) is 11.9. The first kappa shape index (κ1) is 20.4. The van der Waals surface area contributed by atoms with E-state index >= 15 is 0 Å². The summed E-state index contributed by atoms with van der Waals surface area (Å²) in [5.41, 5.74) is 4.81. The summed E-state index contributed by atoms with van der Waals surface area (Å²) >= 11 is 6.29. The number of amides is 1. The van der Waals surface area contributed by atoms with Gasteiger partial charge in [-0.05, 0) is 69.5 Å². The van der Waals surface area contributed by atoms with Crippen molar-refractivity contribution in [3.05, 3.63) is 65.2 Å². The molecule has 0 unspecified atom stereocenters. The third-order valence-electron chi connectivity index (χ3n) is 5.07. The summed E-state index contributed by atoms with van der Waals surface area (Å²) in [5, 5.41) is 5.93. The lowest BCUT2D eigenvalue weighted by Gasteiger charge is -2.20. The number of carbonyl (C=O) groups is 1. The molecule has 4 aromatic rings. The van der Waals surface area contributed by atoms with E-state index in [1.54, 1.807) is 0 Å². The van der Waals surface area contributed by atoms with Gasteiger partial charge in [0.15, 0.2) is 0 Å². The zero-order valence-corrected chi connectivity index (χ0v) is 18.3. The predicted molar refractivity (Wildman–Crippen MR) is 125 cm³/mol. The summed E-state index contributed by atoms with van der Waals surface area (Å²) in [7, 11) is 0. The number of aryl methyl sites for hydroxylation is 1. The van der Waals surface area contributed by atoms with Crippen LogP contribution < -0.4 is 5.32 Å². The van der Waals surface area contributed by atoms with E-state index in [0.717, 1.165) is 51.6 Å². The van der Waals surface area contributed by atoms with Crippen molar-refractivity contribution in [3.63, 3.8) is 0 Å². The number of hydrogen-bond acceptors (Lipinski definition) is 2. The maximum absolute atomic E-state index is 12.3. The molecule has 0 aliphatic carbocycles. The number of para-hydroxylation sites is 1. The van der Waals surface area contributed by atoms with Crippen LogP contribution in [-0.2, 0) is 11.2 Å². The summed E-state index contributed by atoms with van der Waals surface area (Å²) in [5.74, 6) is 0.0748. The Balaban J connectivity index is 1.68. The summed E-state index contributed by atoms with van der Waals surface area (Å²) in [4.78, 5) is 20.7. The van der Waals surface area contributed by atoms with Crippen LogP contribution in [0.1, 0.15) is 39.2 Å². The van der Waals surface area contributed by atoms with Crippen molar-refractivity contribution in [1.82, 2.24) is 15.3 Å². The second-order valence-corrected chi connectivity index (χ2v) is 9.15. The molecule has 4 rings (SSSR count). The second-order valence-electron chi connectivity index (χ2n) is 8.71. The van der Waals surface area contributed by atoms with Crippen molar-refractivity contribution < 1.29 is 4.79 Å². The minimum atomic E-state index is -0.217. The SMILES string of the molecule is CC(C)(C)NC(=O)CCCc1c(-c2ccc3ccccc3n2)[nH]c2ccc(Cl)cc12. The zero-order chi connectivity index (χ0) is 21.3. The molecule has 0 radical (unpaired) electrons. The lowest BCUT2D eigenvalue weighted by Crippen LogP contribution is -2.40. The zero-order valence-electron chi connectivity index (χ0n) is 17.6. The Bertz CT molecular complexity index is 1220. The molecule has 2 heterocycles. The lowest BCUT2D eigenvalue weighted by molar-refractivity contribution is -0.122. The number of nitrogens with one attached hydrogen (secondary N) is 2. The Hall–Kier alpha value is -2.85. The van der Waals surface area contributed by atoms with Gasteiger partial charge >= 0.3 is 0 Å². The van der Waals surface area contributed by atoms with Gasteiger partial charge in [-0.25, -0.2) is 4.98 Å². The van der Waals surface area contributed by atoms with E-state index in [1.807, 2.05) is 63.2 Å². The molecular weight excluding hydrogens is 394 g/mol. The molecule has 154 valence electrons. The highest BCUT2D eigenvalue weighted by atomic mass is 35.5. The molecule has 0 aliphatic rings. The topological polar surface area (TPSA) is 57.8 Å². The minimum absolute atomic E-state index is 0.0748. The molecule has 2 aromatic carbocycles. The number of aromatic nitrogens is 2. The third kappa shape index (κ3) is 4.49. The molecule has 1 amide bonds. The maximum Gasteiger partial charge on any atom is 0.220 e. The number of pyridine rings is 1. The number of carbonyl (C=O) groups excluding carboxylic acids is 1. The van der Waals surface area contributed by atoms with Gasteiger partial charge in [0.2, 0.25) is 5.91 Å². The molecule has 2 N–H and O–H groups in total. The summed E-state index contributed by atoms with van der Waals surface area (Å²) < 4.78 is 0. The third-order valence-corrected chi connectivity index (χ3v) is 5.30. The molecule has 30 heavy (non-hydrogen) atoms. The highest BCUT2D eigenvalue weighted by Crippen LogP contribution is 2.33. The monoisotopic (exact) mass is 419 g/mol. The van der Waals surface area contributed by atoms with Gasteiger partial charge in [0.25, 0.3) is 0 Å². The van der Waals surface area contributed by atoms with Gasteiger partial charge in [0, 0.05) is 33.3 Å². The van der Waals surface area contributed by atoms with E-state index in [2.05, 4.69) is 22.4 Å². The molecular formula is C25H26ClN3O. The number of H-pyrrole nitrogens is 1. The van der Waals surface area contributed by atoms with E-state index in [0.29, 0.717) is 11.4 Å². The van der Waals surface area contributed by atoms with E-state index in [4.69, 9.17) is 16.6 Å². The Morgan fingerprint density at radius 3 is 2.70 bits per heavy atom. The van der Waals surface area contributed by atoms with Crippen LogP contribution in [0, 0.1) is 0 Å². The first-order valence-electron chi connectivity index (χ1n) is 10.3. The Labute approximate surface area is 181 Å². The number of rotatable bonds is 5. The van der Waals surface area contributed by atoms with Gasteiger partial charge in [0.1, 0.15) is 0 Å². The van der Waals surface area contributed by atoms with Crippen LogP contribution in [0.2, 0.25) is 5.02 Å². The number of fused-ring (bicyclic) bond motifs is 2. The van der Waals surface area contributed by atoms with E-state index < -0.39 is 0 Å². The molecule has 2 aromatic heterocycles. The van der Waals surface area contributed by atoms with Crippen molar-refractivity contribution >= 4 is 39.3 Å². The second kappa shape index (κ2) is 8.11. The largest absolute Gasteiger partial charge is 0.353 e. The molecule has 0 saturated heterocycles. The first-order valence-corrected chi connectivity index (χ1v) is 10.7. The van der Waals surface area contributed by atoms with Crippen molar-refractivity contribution in [1.29, 1.82) is 0 Å². The van der Waals surface area contributed by atoms with Gasteiger partial charge in [-0.2, -0.15) is 0 Å². The Morgan fingerprint density at radius 1 is 1.10 bits per heavy atom. The number of aromatic amines is 1. The fourth-order valence-electron chi connectivity index (χ4n) is 3.81. The molecule has 0 atom stereocenters. The van der Waals surface area contributed by atoms with Crippen LogP contribution >= 0.6 is 11.6 Å². The molecule has 0 fully saturated rings. The number of hydrogen-bond donors (Lipinski definition) is 2. The van der Waals surface area contributed by atoms with Crippen LogP contribution in [-0.4, -0.2) is 21.4 Å². The van der Waals surface area contributed by atoms with Crippen molar-refractivity contribution in [2.75, 3.05) is 0 Å². The van der Waals surface area contributed by atoms with E-state index in [9.17, 15) is 4.79 Å². The Morgan fingerprint density at radius 2 is 1.90 bits per heavy atom. The van der Waals surface area contributed by atoms with Crippen LogP contribution in [0.4, 0.5) is 0 Å². The van der Waals surface area contributed by atoms with Crippen molar-refractivity contribution in [2.45, 2.75) is 45.6 Å². The van der Waals surface area contributed by atoms with Crippen molar-refractivity contribution in [2.24, 2.45) is 0 Å². The fraction of sp³-hybridized carbons (Fsp3) is 0.280. The van der Waals surface area contributed by atoms with Gasteiger partial charge < -0.3 is 10.3 Å². The number of nitrogens with zero attached hydrogens (tertiary/aromatic N) is 1. The average Bonchev–Trinajstić information content (AvgIpc) is 3.04. The van der Waals surface area contributed by atoms with E-state index in [1.165, 1.54) is 0 Å². The number of benzene rings is 2. The molecule has 0 aliphatic heterocycles. The lowest BCUT2D eigenvalue weighted by atomic mass is 10.0. The molecule has 4 nitrogen and oxygen atoms in total. The van der Waals surface area contributed by atoms with E-state index in [-0.39, 0.29) is 11.4 Å². The quantitative estimate of drug-likeness (QED) is 0.400. The highest BCUT2D eigenvalue weighted by Gasteiger charge is 2.17. The minimum Gasteiger partial charge on any atom is -0.353 e. The van der Waals surface area contributed by atoms with Gasteiger partial charge in [-0.3, -0.25) is 4.79 Å². The Kier molecular flexibility index (Phi) is 5.52. The first-order chi connectivity index (χ1) is 14.3. The molecule has 0 spiro atoms. The molecule has 0 saturated carbocycles. The summed E-state index contributed by atoms with van der Waals surface area (Å²) in [6.45, 7) is 5.99. The average molecular weight is 420 g/mol. The van der Waals surface area contributed by atoms with Crippen LogP contribution in [0.3, 0.4) is 0 Å². The summed E-state index contributed by atoms with van der Waals surface area (Å²) in [6, 6.07) is 18.1. The van der Waals surface area contributed by atoms with Crippen LogP contribution in [0.25, 0.3) is 33.2 Å². The smallest absolute Gasteiger partial charge is 0.220 e. The maximum atomic E-state index is 12.3. The van der Waals surface area contributed by atoms with Gasteiger partial charge in [0.05, 0.1) is 16.9 Å². The van der Waals surface area contributed by atoms with Gasteiger partial charge in [-0.1, -0.05) is 35.9 Å². The fourth-order valence-corrected chi connectivity index (χ4v) is 3.98. The van der Waals surface area contributed by atoms with Crippen molar-refractivity contribution in [3.8, 4) is 11.4 Å².